The first kappa shape index (κ1) is 7.35. The van der Waals surface area contributed by atoms with Gasteiger partial charge in [-0.2, -0.15) is 0 Å². The second-order valence-corrected chi connectivity index (χ2v) is 2.93. The minimum absolute atomic E-state index is 0.866. The molecule has 0 saturated heterocycles. The Hall–Kier alpha value is -1.30. The molecular formula is C12H11. The second kappa shape index (κ2) is 2.98. The lowest BCUT2D eigenvalue weighted by molar-refractivity contribution is 1.28. The topological polar surface area (TPSA) is 0 Å². The van der Waals surface area contributed by atoms with Gasteiger partial charge in [-0.15, -0.1) is 0 Å². The van der Waals surface area contributed by atoms with Crippen molar-refractivity contribution in [3.63, 3.8) is 0 Å². The number of benzene rings is 2. The Bertz CT molecular complexity index is 388. The Morgan fingerprint density at radius 2 is 1.67 bits per heavy atom. The highest BCUT2D eigenvalue weighted by atomic mass is 14.0. The maximum absolute atomic E-state index is 3.86. The van der Waals surface area contributed by atoms with Crippen LogP contribution < -0.4 is 0 Å². The summed E-state index contributed by atoms with van der Waals surface area (Å²) in [7, 11) is 0. The average molecular weight is 155 g/mol. The Morgan fingerprint density at radius 3 is 2.42 bits per heavy atom. The number of hydrogen-bond donors (Lipinski definition) is 0. The molecule has 0 nitrogen and oxygen atoms in total. The molecule has 0 bridgehead atoms. The second-order valence-electron chi connectivity index (χ2n) is 2.93. The molecule has 0 heteroatoms. The zero-order valence-corrected chi connectivity index (χ0v) is 6.96. The molecule has 0 fully saturated rings. The van der Waals surface area contributed by atoms with E-state index in [1.165, 1.54) is 16.3 Å². The maximum Gasteiger partial charge on any atom is -0.0181 e. The summed E-state index contributed by atoms with van der Waals surface area (Å²) < 4.78 is 0. The first-order valence-corrected chi connectivity index (χ1v) is 4.17. The third kappa shape index (κ3) is 1.20. The first-order valence-electron chi connectivity index (χ1n) is 4.17. The van der Waals surface area contributed by atoms with Crippen LogP contribution in [-0.2, 0) is 6.42 Å². The lowest BCUT2D eigenvalue weighted by Crippen LogP contribution is -1.79. The smallest absolute Gasteiger partial charge is 0.0181 e. The lowest BCUT2D eigenvalue weighted by Gasteiger charge is -1.99. The molecule has 0 N–H and O–H groups in total. The summed E-state index contributed by atoms with van der Waals surface area (Å²) in [5, 5.41) is 2.60. The van der Waals surface area contributed by atoms with Crippen LogP contribution in [0, 0.1) is 6.92 Å². The molecule has 0 heterocycles. The normalized spacial score (nSPS) is 10.4. The minimum Gasteiger partial charge on any atom is -0.0616 e. The van der Waals surface area contributed by atoms with E-state index < -0.39 is 0 Å². The van der Waals surface area contributed by atoms with E-state index in [4.69, 9.17) is 0 Å². The molecule has 0 amide bonds. The van der Waals surface area contributed by atoms with Crippen molar-refractivity contribution in [3.05, 3.63) is 55.0 Å². The van der Waals surface area contributed by atoms with Crippen LogP contribution in [0.3, 0.4) is 0 Å². The van der Waals surface area contributed by atoms with E-state index in [2.05, 4.69) is 49.4 Å². The van der Waals surface area contributed by atoms with Gasteiger partial charge in [0.15, 0.2) is 0 Å². The summed E-state index contributed by atoms with van der Waals surface area (Å²) in [6, 6.07) is 14.9. The summed E-state index contributed by atoms with van der Waals surface area (Å²) in [4.78, 5) is 0. The lowest BCUT2D eigenvalue weighted by atomic mass is 10.1. The van der Waals surface area contributed by atoms with Crippen LogP contribution in [0.25, 0.3) is 10.8 Å². The predicted molar refractivity (Wildman–Crippen MR) is 53.0 cm³/mol. The van der Waals surface area contributed by atoms with Gasteiger partial charge in [0.2, 0.25) is 0 Å². The van der Waals surface area contributed by atoms with Crippen molar-refractivity contribution in [2.75, 3.05) is 0 Å². The highest BCUT2D eigenvalue weighted by Crippen LogP contribution is 2.15. The first-order chi connectivity index (χ1) is 5.90. The summed E-state index contributed by atoms with van der Waals surface area (Å²) in [6.07, 6.45) is 0.866. The number of hydrogen-bond acceptors (Lipinski definition) is 0. The van der Waals surface area contributed by atoms with Crippen LogP contribution in [0.15, 0.2) is 42.5 Å². The van der Waals surface area contributed by atoms with Crippen molar-refractivity contribution in [1.29, 1.82) is 0 Å². The van der Waals surface area contributed by atoms with Gasteiger partial charge in [-0.3, -0.25) is 0 Å². The molecule has 0 spiro atoms. The summed E-state index contributed by atoms with van der Waals surface area (Å²) in [5.74, 6) is 0. The molecule has 2 aromatic carbocycles. The zero-order valence-electron chi connectivity index (χ0n) is 6.96. The van der Waals surface area contributed by atoms with Crippen LogP contribution in [0.1, 0.15) is 5.56 Å². The van der Waals surface area contributed by atoms with Crippen LogP contribution in [-0.4, -0.2) is 0 Å². The fourth-order valence-electron chi connectivity index (χ4n) is 1.39. The van der Waals surface area contributed by atoms with Crippen molar-refractivity contribution < 1.29 is 0 Å². The third-order valence-electron chi connectivity index (χ3n) is 2.10. The van der Waals surface area contributed by atoms with Gasteiger partial charge in [0.1, 0.15) is 0 Å². The molecule has 2 rings (SSSR count). The zero-order chi connectivity index (χ0) is 8.39. The fourth-order valence-corrected chi connectivity index (χ4v) is 1.39. The van der Waals surface area contributed by atoms with E-state index in [0.29, 0.717) is 0 Å². The standard InChI is InChI=1S/C12H11/c1-2-10-7-8-11-5-3-4-6-12(11)9-10/h3-9H,1-2H2. The minimum atomic E-state index is 0.866. The number of fused-ring (bicyclic) bond motifs is 1. The Balaban J connectivity index is 2.67. The van der Waals surface area contributed by atoms with E-state index in [1.807, 2.05) is 0 Å². The van der Waals surface area contributed by atoms with Gasteiger partial charge in [0, 0.05) is 0 Å². The largest absolute Gasteiger partial charge is 0.0616 e. The van der Waals surface area contributed by atoms with Crippen molar-refractivity contribution in [2.45, 2.75) is 6.42 Å². The van der Waals surface area contributed by atoms with Gasteiger partial charge in [0.25, 0.3) is 0 Å². The van der Waals surface area contributed by atoms with Gasteiger partial charge < -0.3 is 0 Å². The molecule has 0 saturated carbocycles. The van der Waals surface area contributed by atoms with Gasteiger partial charge in [-0.05, 0) is 29.7 Å². The third-order valence-corrected chi connectivity index (χ3v) is 2.10. The highest BCUT2D eigenvalue weighted by Gasteiger charge is 1.92. The summed E-state index contributed by atoms with van der Waals surface area (Å²) >= 11 is 0. The quantitative estimate of drug-likeness (QED) is 0.593. The van der Waals surface area contributed by atoms with E-state index >= 15 is 0 Å². The molecule has 0 aliphatic carbocycles. The monoisotopic (exact) mass is 155 g/mol. The Labute approximate surface area is 72.8 Å². The molecule has 1 radical (unpaired) electrons. The van der Waals surface area contributed by atoms with Crippen molar-refractivity contribution in [1.82, 2.24) is 0 Å². The van der Waals surface area contributed by atoms with Crippen LogP contribution in [0.5, 0.6) is 0 Å². The van der Waals surface area contributed by atoms with E-state index in [0.717, 1.165) is 6.42 Å². The molecular weight excluding hydrogens is 144 g/mol. The van der Waals surface area contributed by atoms with Crippen LogP contribution in [0.2, 0.25) is 0 Å². The van der Waals surface area contributed by atoms with Gasteiger partial charge >= 0.3 is 0 Å². The molecule has 2 aromatic rings. The average Bonchev–Trinajstić information content (AvgIpc) is 2.17. The molecule has 12 heavy (non-hydrogen) atoms. The van der Waals surface area contributed by atoms with Crippen molar-refractivity contribution >= 4 is 10.8 Å². The number of rotatable bonds is 1. The summed E-state index contributed by atoms with van der Waals surface area (Å²) in [6.45, 7) is 3.86. The van der Waals surface area contributed by atoms with Gasteiger partial charge in [0.05, 0.1) is 0 Å². The fraction of sp³-hybridized carbons (Fsp3) is 0.0833. The van der Waals surface area contributed by atoms with Crippen LogP contribution >= 0.6 is 0 Å². The van der Waals surface area contributed by atoms with E-state index in [9.17, 15) is 0 Å². The molecule has 0 atom stereocenters. The van der Waals surface area contributed by atoms with E-state index in [1.54, 1.807) is 0 Å². The van der Waals surface area contributed by atoms with Crippen LogP contribution in [0.4, 0.5) is 0 Å². The SMILES string of the molecule is [CH2]Cc1ccc2ccccc2c1. The molecule has 0 unspecified atom stereocenters. The molecule has 0 aliphatic heterocycles. The Morgan fingerprint density at radius 1 is 0.917 bits per heavy atom. The predicted octanol–water partition coefficient (Wildman–Crippen LogP) is 3.22. The Kier molecular flexibility index (Phi) is 1.83. The van der Waals surface area contributed by atoms with Crippen molar-refractivity contribution in [3.8, 4) is 0 Å². The van der Waals surface area contributed by atoms with Gasteiger partial charge in [-0.1, -0.05) is 42.5 Å². The molecule has 59 valence electrons. The summed E-state index contributed by atoms with van der Waals surface area (Å²) in [5.41, 5.74) is 1.30. The van der Waals surface area contributed by atoms with E-state index in [-0.39, 0.29) is 0 Å². The van der Waals surface area contributed by atoms with Crippen molar-refractivity contribution in [2.24, 2.45) is 0 Å². The highest BCUT2D eigenvalue weighted by molar-refractivity contribution is 5.82. The van der Waals surface area contributed by atoms with Gasteiger partial charge in [-0.25, -0.2) is 0 Å². The molecule has 0 aromatic heterocycles. The molecule has 0 aliphatic rings. The maximum atomic E-state index is 3.86.